The molecular formula is C8H10ClNO. The predicted molar refractivity (Wildman–Crippen MR) is 48.0 cm³/mol. The summed E-state index contributed by atoms with van der Waals surface area (Å²) in [6.45, 7) is 0. The number of benzene rings is 1. The van der Waals surface area contributed by atoms with Gasteiger partial charge < -0.3 is 5.73 Å². The Kier molecular flexibility index (Phi) is 5.21. The van der Waals surface area contributed by atoms with Crippen molar-refractivity contribution in [2.75, 3.05) is 12.1 Å². The molecule has 60 valence electrons. The van der Waals surface area contributed by atoms with E-state index in [0.717, 1.165) is 6.29 Å². The molecule has 0 saturated heterocycles. The molecule has 1 rings (SSSR count). The molecule has 1 aromatic carbocycles. The highest BCUT2D eigenvalue weighted by Crippen LogP contribution is 2.01. The molecule has 0 radical (unpaired) electrons. The van der Waals surface area contributed by atoms with Gasteiger partial charge in [-0.3, -0.25) is 4.79 Å². The van der Waals surface area contributed by atoms with Crippen molar-refractivity contribution in [3.63, 3.8) is 0 Å². The van der Waals surface area contributed by atoms with Crippen LogP contribution in [-0.4, -0.2) is 12.7 Å². The van der Waals surface area contributed by atoms with Crippen LogP contribution in [0, 0.1) is 0 Å². The molecule has 0 saturated carbocycles. The van der Waals surface area contributed by atoms with Crippen molar-refractivity contribution in [1.82, 2.24) is 0 Å². The molecule has 0 atom stereocenters. The highest BCUT2D eigenvalue weighted by atomic mass is 35.5. The van der Waals surface area contributed by atoms with Crippen molar-refractivity contribution in [2.24, 2.45) is 0 Å². The molecule has 3 heteroatoms. The van der Waals surface area contributed by atoms with Crippen LogP contribution in [0.15, 0.2) is 24.3 Å². The SMILES string of the molecule is CCl.Nc1ccc(C=O)cc1. The van der Waals surface area contributed by atoms with E-state index in [1.54, 1.807) is 24.3 Å². The normalized spacial score (nSPS) is 7.82. The third kappa shape index (κ3) is 3.63. The van der Waals surface area contributed by atoms with Crippen molar-refractivity contribution < 1.29 is 4.79 Å². The zero-order valence-electron chi connectivity index (χ0n) is 6.25. The second-order valence-corrected chi connectivity index (χ2v) is 1.78. The number of alkyl halides is 1. The number of hydrogen-bond acceptors (Lipinski definition) is 2. The van der Waals surface area contributed by atoms with Gasteiger partial charge in [-0.25, -0.2) is 0 Å². The Labute approximate surface area is 71.0 Å². The molecule has 0 spiro atoms. The minimum atomic E-state index is 0.657. The van der Waals surface area contributed by atoms with E-state index in [-0.39, 0.29) is 0 Å². The standard InChI is InChI=1S/C7H7NO.CH3Cl/c8-7-3-1-6(5-9)2-4-7;1-2/h1-5H,8H2;1H3. The van der Waals surface area contributed by atoms with Crippen molar-refractivity contribution in [1.29, 1.82) is 0 Å². The maximum absolute atomic E-state index is 10.1. The van der Waals surface area contributed by atoms with E-state index in [2.05, 4.69) is 11.6 Å². The van der Waals surface area contributed by atoms with Gasteiger partial charge in [-0.15, -0.1) is 11.6 Å². The first-order chi connectivity index (χ1) is 5.33. The minimum absolute atomic E-state index is 0.657. The largest absolute Gasteiger partial charge is 0.399 e. The Hall–Kier alpha value is -1.02. The maximum atomic E-state index is 10.1. The Morgan fingerprint density at radius 3 is 2.09 bits per heavy atom. The first-order valence-corrected chi connectivity index (χ1v) is 3.77. The van der Waals surface area contributed by atoms with Gasteiger partial charge in [0.15, 0.2) is 0 Å². The second kappa shape index (κ2) is 5.74. The summed E-state index contributed by atoms with van der Waals surface area (Å²) in [4.78, 5) is 10.1. The van der Waals surface area contributed by atoms with Gasteiger partial charge in [-0.1, -0.05) is 0 Å². The highest BCUT2D eigenvalue weighted by molar-refractivity contribution is 6.15. The average Bonchev–Trinajstić information content (AvgIpc) is 2.10. The van der Waals surface area contributed by atoms with Gasteiger partial charge in [0.25, 0.3) is 0 Å². The first-order valence-electron chi connectivity index (χ1n) is 3.01. The summed E-state index contributed by atoms with van der Waals surface area (Å²) in [7, 11) is 0. The van der Waals surface area contributed by atoms with Gasteiger partial charge in [0, 0.05) is 17.6 Å². The second-order valence-electron chi connectivity index (χ2n) is 1.78. The third-order valence-electron chi connectivity index (χ3n) is 1.07. The van der Waals surface area contributed by atoms with Crippen LogP contribution in [0.3, 0.4) is 0 Å². The number of hydrogen-bond donors (Lipinski definition) is 1. The van der Waals surface area contributed by atoms with Crippen LogP contribution in [0.2, 0.25) is 0 Å². The van der Waals surface area contributed by atoms with Crippen LogP contribution in [-0.2, 0) is 0 Å². The number of halogens is 1. The van der Waals surface area contributed by atoms with E-state index in [1.807, 2.05) is 0 Å². The average molecular weight is 172 g/mol. The highest BCUT2D eigenvalue weighted by Gasteiger charge is 1.85. The molecule has 1 aromatic rings. The van der Waals surface area contributed by atoms with Gasteiger partial charge in [0.2, 0.25) is 0 Å². The van der Waals surface area contributed by atoms with Gasteiger partial charge in [0.1, 0.15) is 6.29 Å². The van der Waals surface area contributed by atoms with Gasteiger partial charge in [0.05, 0.1) is 0 Å². The summed E-state index contributed by atoms with van der Waals surface area (Å²) in [5.74, 6) is 0. The lowest BCUT2D eigenvalue weighted by atomic mass is 10.2. The zero-order valence-corrected chi connectivity index (χ0v) is 7.01. The number of nitrogens with two attached hydrogens (primary N) is 1. The van der Waals surface area contributed by atoms with E-state index in [9.17, 15) is 4.79 Å². The van der Waals surface area contributed by atoms with Gasteiger partial charge in [-0.2, -0.15) is 0 Å². The van der Waals surface area contributed by atoms with E-state index < -0.39 is 0 Å². The molecular weight excluding hydrogens is 162 g/mol. The van der Waals surface area contributed by atoms with Crippen molar-refractivity contribution >= 4 is 23.6 Å². The maximum Gasteiger partial charge on any atom is 0.150 e. The molecule has 0 aromatic heterocycles. The molecule has 11 heavy (non-hydrogen) atoms. The zero-order chi connectivity index (χ0) is 8.69. The Balaban J connectivity index is 0.000000461. The Morgan fingerprint density at radius 2 is 1.73 bits per heavy atom. The first kappa shape index (κ1) is 9.98. The summed E-state index contributed by atoms with van der Waals surface area (Å²) < 4.78 is 0. The topological polar surface area (TPSA) is 43.1 Å². The van der Waals surface area contributed by atoms with Crippen molar-refractivity contribution in [2.45, 2.75) is 0 Å². The fourth-order valence-corrected chi connectivity index (χ4v) is 0.575. The Bertz CT molecular complexity index is 208. The molecule has 0 fully saturated rings. The molecule has 2 nitrogen and oxygen atoms in total. The molecule has 0 aliphatic heterocycles. The smallest absolute Gasteiger partial charge is 0.150 e. The predicted octanol–water partition coefficient (Wildman–Crippen LogP) is 1.94. The number of nitrogen functional groups attached to an aromatic ring is 1. The lowest BCUT2D eigenvalue weighted by molar-refractivity contribution is 0.112. The molecule has 0 aliphatic rings. The number of aldehydes is 1. The lowest BCUT2D eigenvalue weighted by Gasteiger charge is -1.89. The van der Waals surface area contributed by atoms with Crippen molar-refractivity contribution in [3.05, 3.63) is 29.8 Å². The van der Waals surface area contributed by atoms with E-state index in [0.29, 0.717) is 11.3 Å². The minimum Gasteiger partial charge on any atom is -0.399 e. The van der Waals surface area contributed by atoms with Gasteiger partial charge in [-0.05, 0) is 24.3 Å². The summed E-state index contributed by atoms with van der Waals surface area (Å²) in [6, 6.07) is 6.76. The fraction of sp³-hybridized carbons (Fsp3) is 0.125. The lowest BCUT2D eigenvalue weighted by Crippen LogP contribution is -1.84. The number of carbonyl (C=O) groups excluding carboxylic acids is 1. The molecule has 2 N–H and O–H groups in total. The molecule has 0 unspecified atom stereocenters. The number of rotatable bonds is 1. The van der Waals surface area contributed by atoms with Crippen LogP contribution in [0.1, 0.15) is 10.4 Å². The van der Waals surface area contributed by atoms with E-state index in [4.69, 9.17) is 5.73 Å². The molecule has 0 heterocycles. The van der Waals surface area contributed by atoms with Gasteiger partial charge >= 0.3 is 0 Å². The molecule has 0 bridgehead atoms. The van der Waals surface area contributed by atoms with Crippen LogP contribution in [0.4, 0.5) is 5.69 Å². The van der Waals surface area contributed by atoms with Crippen LogP contribution >= 0.6 is 11.6 Å². The van der Waals surface area contributed by atoms with Crippen molar-refractivity contribution in [3.8, 4) is 0 Å². The summed E-state index contributed by atoms with van der Waals surface area (Å²) in [5.41, 5.74) is 6.70. The third-order valence-corrected chi connectivity index (χ3v) is 1.07. The van der Waals surface area contributed by atoms with Crippen LogP contribution in [0.25, 0.3) is 0 Å². The fourth-order valence-electron chi connectivity index (χ4n) is 0.575. The van der Waals surface area contributed by atoms with Crippen LogP contribution in [0.5, 0.6) is 0 Å². The summed E-state index contributed by atoms with van der Waals surface area (Å²) in [5, 5.41) is 0. The number of carbonyl (C=O) groups is 1. The summed E-state index contributed by atoms with van der Waals surface area (Å²) in [6.07, 6.45) is 2.26. The quantitative estimate of drug-likeness (QED) is 0.399. The molecule has 0 amide bonds. The van der Waals surface area contributed by atoms with E-state index in [1.165, 1.54) is 6.38 Å². The van der Waals surface area contributed by atoms with Crippen LogP contribution < -0.4 is 5.73 Å². The number of anilines is 1. The monoisotopic (exact) mass is 171 g/mol. The molecule has 0 aliphatic carbocycles. The van der Waals surface area contributed by atoms with E-state index >= 15 is 0 Å². The Morgan fingerprint density at radius 1 is 1.27 bits per heavy atom. The summed E-state index contributed by atoms with van der Waals surface area (Å²) >= 11 is 4.64.